The molecule has 3 fully saturated rings. The van der Waals surface area contributed by atoms with Gasteiger partial charge >= 0.3 is 0 Å². The van der Waals surface area contributed by atoms with Crippen LogP contribution < -0.4 is 0 Å². The number of rotatable bonds is 0. The maximum atomic E-state index is 11.9. The SMILES string of the molecule is CN1C2CC3CCCCCC3CC2CS1(=O)=O. The summed E-state index contributed by atoms with van der Waals surface area (Å²) in [7, 11) is -1.14. The van der Waals surface area contributed by atoms with Gasteiger partial charge in [0.05, 0.1) is 5.75 Å². The van der Waals surface area contributed by atoms with Gasteiger partial charge in [-0.25, -0.2) is 12.7 Å². The molecule has 98 valence electrons. The molecule has 4 unspecified atom stereocenters. The largest absolute Gasteiger partial charge is 0.214 e. The van der Waals surface area contributed by atoms with Crippen molar-refractivity contribution >= 4 is 10.0 Å². The van der Waals surface area contributed by atoms with E-state index < -0.39 is 10.0 Å². The molecule has 3 rings (SSSR count). The fraction of sp³-hybridized carbons (Fsp3) is 1.00. The van der Waals surface area contributed by atoms with E-state index in [9.17, 15) is 8.42 Å². The van der Waals surface area contributed by atoms with Crippen LogP contribution in [0.2, 0.25) is 0 Å². The molecule has 4 heteroatoms. The molecule has 0 radical (unpaired) electrons. The number of hydrogen-bond donors (Lipinski definition) is 0. The molecule has 0 N–H and O–H groups in total. The molecule has 2 saturated carbocycles. The summed E-state index contributed by atoms with van der Waals surface area (Å²) < 4.78 is 25.5. The first-order chi connectivity index (χ1) is 8.08. The van der Waals surface area contributed by atoms with Crippen molar-refractivity contribution in [2.75, 3.05) is 12.8 Å². The lowest BCUT2D eigenvalue weighted by Gasteiger charge is -2.38. The van der Waals surface area contributed by atoms with Gasteiger partial charge in [-0.15, -0.1) is 0 Å². The zero-order valence-corrected chi connectivity index (χ0v) is 11.5. The summed E-state index contributed by atoms with van der Waals surface area (Å²) in [5.74, 6) is 2.46. The van der Waals surface area contributed by atoms with E-state index >= 15 is 0 Å². The molecule has 0 aromatic carbocycles. The summed E-state index contributed by atoms with van der Waals surface area (Å²) >= 11 is 0. The highest BCUT2D eigenvalue weighted by Crippen LogP contribution is 2.46. The summed E-state index contributed by atoms with van der Waals surface area (Å²) in [6.45, 7) is 0. The van der Waals surface area contributed by atoms with Gasteiger partial charge in [0.15, 0.2) is 0 Å². The smallest absolute Gasteiger partial charge is 0.212 e. The predicted octanol–water partition coefficient (Wildman–Crippen LogP) is 2.24. The number of fused-ring (bicyclic) bond motifs is 2. The summed E-state index contributed by atoms with van der Waals surface area (Å²) in [6, 6.07) is 0.319. The Balaban J connectivity index is 1.80. The second-order valence-electron chi connectivity index (χ2n) is 6.25. The third kappa shape index (κ3) is 2.03. The van der Waals surface area contributed by atoms with Crippen molar-refractivity contribution in [3.8, 4) is 0 Å². The highest BCUT2D eigenvalue weighted by molar-refractivity contribution is 7.89. The Labute approximate surface area is 105 Å². The lowest BCUT2D eigenvalue weighted by atomic mass is 9.70. The molecular weight excluding hydrogens is 234 g/mol. The van der Waals surface area contributed by atoms with Crippen LogP contribution in [0.4, 0.5) is 0 Å². The molecule has 3 nitrogen and oxygen atoms in total. The molecule has 2 aliphatic carbocycles. The summed E-state index contributed by atoms with van der Waals surface area (Å²) in [5.41, 5.74) is 0. The third-order valence-electron chi connectivity index (χ3n) is 5.34. The molecule has 0 bridgehead atoms. The van der Waals surface area contributed by atoms with Crippen LogP contribution in [-0.4, -0.2) is 31.6 Å². The van der Waals surface area contributed by atoms with Gasteiger partial charge in [0, 0.05) is 13.1 Å². The van der Waals surface area contributed by atoms with Crippen LogP contribution in [0.25, 0.3) is 0 Å². The van der Waals surface area contributed by atoms with Gasteiger partial charge in [-0.05, 0) is 30.6 Å². The lowest BCUT2D eigenvalue weighted by molar-refractivity contribution is 0.122. The monoisotopic (exact) mass is 257 g/mol. The molecule has 17 heavy (non-hydrogen) atoms. The van der Waals surface area contributed by atoms with E-state index in [-0.39, 0.29) is 0 Å². The van der Waals surface area contributed by atoms with E-state index in [0.29, 0.717) is 17.7 Å². The van der Waals surface area contributed by atoms with Gasteiger partial charge < -0.3 is 0 Å². The van der Waals surface area contributed by atoms with E-state index in [2.05, 4.69) is 0 Å². The van der Waals surface area contributed by atoms with Crippen molar-refractivity contribution in [3.63, 3.8) is 0 Å². The van der Waals surface area contributed by atoms with Crippen LogP contribution in [0.1, 0.15) is 44.9 Å². The zero-order valence-electron chi connectivity index (χ0n) is 10.6. The van der Waals surface area contributed by atoms with Crippen LogP contribution >= 0.6 is 0 Å². The molecule has 0 aromatic heterocycles. The highest BCUT2D eigenvalue weighted by Gasteiger charge is 2.48. The van der Waals surface area contributed by atoms with Gasteiger partial charge in [0.2, 0.25) is 10.0 Å². The number of sulfonamides is 1. The van der Waals surface area contributed by atoms with Crippen LogP contribution in [0.3, 0.4) is 0 Å². The van der Waals surface area contributed by atoms with Gasteiger partial charge in [-0.3, -0.25) is 0 Å². The van der Waals surface area contributed by atoms with E-state index in [1.165, 1.54) is 38.5 Å². The molecule has 1 saturated heterocycles. The minimum absolute atomic E-state index is 0.319. The van der Waals surface area contributed by atoms with Crippen LogP contribution in [-0.2, 0) is 10.0 Å². The molecule has 0 amide bonds. The minimum atomic E-state index is -2.93. The first-order valence-corrected chi connectivity index (χ1v) is 8.64. The first-order valence-electron chi connectivity index (χ1n) is 7.03. The number of nitrogens with zero attached hydrogens (tertiary/aromatic N) is 1. The fourth-order valence-corrected chi connectivity index (χ4v) is 6.15. The van der Waals surface area contributed by atoms with Crippen molar-refractivity contribution in [1.82, 2.24) is 4.31 Å². The molecule has 4 atom stereocenters. The van der Waals surface area contributed by atoms with Crippen molar-refractivity contribution in [2.45, 2.75) is 51.0 Å². The molecular formula is C13H23NO2S. The Morgan fingerprint density at radius 3 is 2.29 bits per heavy atom. The second kappa shape index (κ2) is 4.23. The molecule has 1 heterocycles. The van der Waals surface area contributed by atoms with E-state index in [4.69, 9.17) is 0 Å². The van der Waals surface area contributed by atoms with E-state index in [1.807, 2.05) is 0 Å². The Kier molecular flexibility index (Phi) is 2.98. The Hall–Kier alpha value is -0.0900. The Morgan fingerprint density at radius 2 is 1.59 bits per heavy atom. The van der Waals surface area contributed by atoms with Gasteiger partial charge in [-0.2, -0.15) is 0 Å². The number of hydrogen-bond acceptors (Lipinski definition) is 2. The van der Waals surface area contributed by atoms with Gasteiger partial charge in [-0.1, -0.05) is 32.1 Å². The van der Waals surface area contributed by atoms with Gasteiger partial charge in [0.25, 0.3) is 0 Å². The van der Waals surface area contributed by atoms with E-state index in [0.717, 1.165) is 18.3 Å². The molecule has 1 aliphatic heterocycles. The van der Waals surface area contributed by atoms with Crippen LogP contribution in [0.15, 0.2) is 0 Å². The maximum absolute atomic E-state index is 11.9. The Morgan fingerprint density at radius 1 is 0.941 bits per heavy atom. The van der Waals surface area contributed by atoms with E-state index in [1.54, 1.807) is 11.4 Å². The maximum Gasteiger partial charge on any atom is 0.214 e. The average Bonchev–Trinajstić information content (AvgIpc) is 2.46. The normalized spacial score (nSPS) is 45.9. The van der Waals surface area contributed by atoms with Crippen LogP contribution in [0.5, 0.6) is 0 Å². The summed E-state index contributed by atoms with van der Waals surface area (Å²) in [4.78, 5) is 0. The minimum Gasteiger partial charge on any atom is -0.212 e. The summed E-state index contributed by atoms with van der Waals surface area (Å²) in [6.07, 6.45) is 9.08. The predicted molar refractivity (Wildman–Crippen MR) is 68.1 cm³/mol. The van der Waals surface area contributed by atoms with Crippen molar-refractivity contribution < 1.29 is 8.42 Å². The average molecular weight is 257 g/mol. The van der Waals surface area contributed by atoms with Crippen molar-refractivity contribution in [3.05, 3.63) is 0 Å². The van der Waals surface area contributed by atoms with Gasteiger partial charge in [0.1, 0.15) is 0 Å². The fourth-order valence-electron chi connectivity index (χ4n) is 4.35. The molecule has 3 aliphatic rings. The van der Waals surface area contributed by atoms with Crippen molar-refractivity contribution in [1.29, 1.82) is 0 Å². The third-order valence-corrected chi connectivity index (χ3v) is 7.34. The summed E-state index contributed by atoms with van der Waals surface area (Å²) in [5, 5.41) is 0. The standard InChI is InChI=1S/C13H23NO2S/c1-14-13-8-11-6-4-2-3-5-10(11)7-12(13)9-17(14,15)16/h10-13H,2-9H2,1H3. The highest BCUT2D eigenvalue weighted by atomic mass is 32.2. The topological polar surface area (TPSA) is 37.4 Å². The second-order valence-corrected chi connectivity index (χ2v) is 8.32. The van der Waals surface area contributed by atoms with Crippen molar-refractivity contribution in [2.24, 2.45) is 17.8 Å². The Bertz CT molecular complexity index is 392. The quantitative estimate of drug-likeness (QED) is 0.667. The molecule has 0 aromatic rings. The lowest BCUT2D eigenvalue weighted by Crippen LogP contribution is -2.39. The first kappa shape index (κ1) is 12.0. The molecule has 0 spiro atoms. The zero-order chi connectivity index (χ0) is 12.0. The van der Waals surface area contributed by atoms with Crippen LogP contribution in [0, 0.1) is 17.8 Å².